The van der Waals surface area contributed by atoms with Crippen LogP contribution in [-0.4, -0.2) is 23.2 Å². The van der Waals surface area contributed by atoms with E-state index in [4.69, 9.17) is 19.9 Å². The first-order valence-corrected chi connectivity index (χ1v) is 6.49. The summed E-state index contributed by atoms with van der Waals surface area (Å²) in [7, 11) is 1.90. The molecule has 106 valence electrons. The summed E-state index contributed by atoms with van der Waals surface area (Å²) in [6.45, 7) is 1.22. The Morgan fingerprint density at radius 2 is 2.15 bits per heavy atom. The standard InChI is InChI=1S/C14H17N3O3/c1-17-8-10(7-16-17)2-3-18-12-5-14-13(19-9-20-14)4-11(12)6-15/h4-5,7-8H,2-3,6,9,15H2,1H3. The number of hydrogen-bond donors (Lipinski definition) is 1. The van der Waals surface area contributed by atoms with E-state index in [2.05, 4.69) is 5.10 Å². The molecule has 2 N–H and O–H groups in total. The lowest BCUT2D eigenvalue weighted by Crippen LogP contribution is -2.05. The van der Waals surface area contributed by atoms with Gasteiger partial charge in [0, 0.05) is 37.8 Å². The van der Waals surface area contributed by atoms with Gasteiger partial charge in [0.15, 0.2) is 11.5 Å². The van der Waals surface area contributed by atoms with E-state index in [0.29, 0.717) is 18.9 Å². The van der Waals surface area contributed by atoms with E-state index >= 15 is 0 Å². The average Bonchev–Trinajstić information content (AvgIpc) is 3.06. The van der Waals surface area contributed by atoms with Gasteiger partial charge in [-0.2, -0.15) is 5.10 Å². The summed E-state index contributed by atoms with van der Waals surface area (Å²) in [5, 5.41) is 4.13. The molecule has 1 aliphatic heterocycles. The number of benzene rings is 1. The van der Waals surface area contributed by atoms with Crippen LogP contribution in [0.4, 0.5) is 0 Å². The molecule has 2 aromatic rings. The molecule has 6 heteroatoms. The molecule has 3 rings (SSSR count). The number of hydrogen-bond acceptors (Lipinski definition) is 5. The van der Waals surface area contributed by atoms with Gasteiger partial charge in [-0.1, -0.05) is 0 Å². The number of aryl methyl sites for hydroxylation is 1. The van der Waals surface area contributed by atoms with Crippen molar-refractivity contribution < 1.29 is 14.2 Å². The first-order chi connectivity index (χ1) is 9.76. The van der Waals surface area contributed by atoms with E-state index in [9.17, 15) is 0 Å². The zero-order valence-electron chi connectivity index (χ0n) is 11.3. The maximum atomic E-state index is 5.81. The van der Waals surface area contributed by atoms with Crippen molar-refractivity contribution in [2.45, 2.75) is 13.0 Å². The molecule has 0 fully saturated rings. The lowest BCUT2D eigenvalue weighted by atomic mass is 10.1. The second kappa shape index (κ2) is 5.42. The summed E-state index contributed by atoms with van der Waals surface area (Å²) in [6.07, 6.45) is 4.62. The third-order valence-electron chi connectivity index (χ3n) is 3.18. The normalized spacial score (nSPS) is 12.7. The minimum Gasteiger partial charge on any atom is -0.493 e. The molecule has 0 saturated heterocycles. The van der Waals surface area contributed by atoms with Gasteiger partial charge in [0.2, 0.25) is 6.79 Å². The highest BCUT2D eigenvalue weighted by atomic mass is 16.7. The van der Waals surface area contributed by atoms with Gasteiger partial charge in [0.05, 0.1) is 12.8 Å². The first kappa shape index (κ1) is 12.8. The maximum absolute atomic E-state index is 5.81. The van der Waals surface area contributed by atoms with Crippen molar-refractivity contribution >= 4 is 0 Å². The third-order valence-corrected chi connectivity index (χ3v) is 3.18. The van der Waals surface area contributed by atoms with Crippen molar-refractivity contribution in [1.82, 2.24) is 9.78 Å². The van der Waals surface area contributed by atoms with Gasteiger partial charge in [0.25, 0.3) is 0 Å². The SMILES string of the molecule is Cn1cc(CCOc2cc3c(cc2CN)OCO3)cn1. The van der Waals surface area contributed by atoms with Crippen LogP contribution >= 0.6 is 0 Å². The summed E-state index contributed by atoms with van der Waals surface area (Å²) < 4.78 is 18.3. The molecule has 6 nitrogen and oxygen atoms in total. The average molecular weight is 275 g/mol. The molecule has 0 spiro atoms. The van der Waals surface area contributed by atoms with Gasteiger partial charge in [-0.05, 0) is 11.6 Å². The predicted octanol–water partition coefficient (Wildman–Crippen LogP) is 1.23. The van der Waals surface area contributed by atoms with Gasteiger partial charge < -0.3 is 19.9 Å². The molecule has 0 amide bonds. The fourth-order valence-corrected chi connectivity index (χ4v) is 2.14. The Hall–Kier alpha value is -2.21. The smallest absolute Gasteiger partial charge is 0.231 e. The minimum atomic E-state index is 0.248. The molecule has 2 heterocycles. The van der Waals surface area contributed by atoms with E-state index in [0.717, 1.165) is 29.0 Å². The summed E-state index contributed by atoms with van der Waals surface area (Å²) in [5.74, 6) is 2.18. The van der Waals surface area contributed by atoms with Crippen molar-refractivity contribution in [1.29, 1.82) is 0 Å². The summed E-state index contributed by atoms with van der Waals surface area (Å²) in [4.78, 5) is 0. The Labute approximate surface area is 117 Å². The molecule has 1 aromatic heterocycles. The zero-order chi connectivity index (χ0) is 13.9. The largest absolute Gasteiger partial charge is 0.493 e. The third kappa shape index (κ3) is 2.55. The van der Waals surface area contributed by atoms with Crippen LogP contribution in [0.15, 0.2) is 24.5 Å². The molecule has 0 saturated carbocycles. The number of aromatic nitrogens is 2. The van der Waals surface area contributed by atoms with E-state index in [1.807, 2.05) is 31.6 Å². The van der Waals surface area contributed by atoms with E-state index in [1.54, 1.807) is 4.68 Å². The summed E-state index contributed by atoms with van der Waals surface area (Å²) in [6, 6.07) is 3.72. The van der Waals surface area contributed by atoms with Crippen molar-refractivity contribution in [2.75, 3.05) is 13.4 Å². The van der Waals surface area contributed by atoms with Crippen molar-refractivity contribution in [3.05, 3.63) is 35.7 Å². The van der Waals surface area contributed by atoms with Crippen LogP contribution in [-0.2, 0) is 20.0 Å². The number of nitrogens with two attached hydrogens (primary N) is 1. The highest BCUT2D eigenvalue weighted by Gasteiger charge is 2.17. The van der Waals surface area contributed by atoms with Crippen LogP contribution in [0.2, 0.25) is 0 Å². The van der Waals surface area contributed by atoms with Crippen LogP contribution in [0.25, 0.3) is 0 Å². The van der Waals surface area contributed by atoms with Gasteiger partial charge in [0.1, 0.15) is 5.75 Å². The molecule has 0 atom stereocenters. The number of rotatable bonds is 5. The van der Waals surface area contributed by atoms with Crippen molar-refractivity contribution in [3.63, 3.8) is 0 Å². The summed E-state index contributed by atoms with van der Waals surface area (Å²) in [5.41, 5.74) is 7.80. The fourth-order valence-electron chi connectivity index (χ4n) is 2.14. The second-order valence-corrected chi connectivity index (χ2v) is 4.64. The summed E-state index contributed by atoms with van der Waals surface area (Å²) >= 11 is 0. The van der Waals surface area contributed by atoms with Crippen LogP contribution in [0.5, 0.6) is 17.2 Å². The lowest BCUT2D eigenvalue weighted by molar-refractivity contribution is 0.173. The number of ether oxygens (including phenoxy) is 3. The minimum absolute atomic E-state index is 0.248. The van der Waals surface area contributed by atoms with Crippen molar-refractivity contribution in [2.24, 2.45) is 12.8 Å². The van der Waals surface area contributed by atoms with Crippen LogP contribution in [0.3, 0.4) is 0 Å². The molecule has 0 bridgehead atoms. The van der Waals surface area contributed by atoms with Gasteiger partial charge in [-0.3, -0.25) is 4.68 Å². The topological polar surface area (TPSA) is 71.5 Å². The Balaban J connectivity index is 1.67. The molecule has 0 unspecified atom stereocenters. The fraction of sp³-hybridized carbons (Fsp3) is 0.357. The monoisotopic (exact) mass is 275 g/mol. The molecule has 0 aliphatic carbocycles. The Kier molecular flexibility index (Phi) is 3.47. The first-order valence-electron chi connectivity index (χ1n) is 6.49. The van der Waals surface area contributed by atoms with Gasteiger partial charge >= 0.3 is 0 Å². The Morgan fingerprint density at radius 1 is 1.35 bits per heavy atom. The van der Waals surface area contributed by atoms with Crippen LogP contribution < -0.4 is 19.9 Å². The van der Waals surface area contributed by atoms with E-state index < -0.39 is 0 Å². The molecular weight excluding hydrogens is 258 g/mol. The number of fused-ring (bicyclic) bond motifs is 1. The quantitative estimate of drug-likeness (QED) is 0.888. The maximum Gasteiger partial charge on any atom is 0.231 e. The molecule has 1 aliphatic rings. The number of nitrogens with zero attached hydrogens (tertiary/aromatic N) is 2. The van der Waals surface area contributed by atoms with Gasteiger partial charge in [-0.25, -0.2) is 0 Å². The Morgan fingerprint density at radius 3 is 2.85 bits per heavy atom. The molecule has 0 radical (unpaired) electrons. The second-order valence-electron chi connectivity index (χ2n) is 4.64. The lowest BCUT2D eigenvalue weighted by Gasteiger charge is -2.11. The zero-order valence-corrected chi connectivity index (χ0v) is 11.3. The predicted molar refractivity (Wildman–Crippen MR) is 72.9 cm³/mol. The highest BCUT2D eigenvalue weighted by Crippen LogP contribution is 2.38. The van der Waals surface area contributed by atoms with Crippen LogP contribution in [0.1, 0.15) is 11.1 Å². The van der Waals surface area contributed by atoms with E-state index in [1.165, 1.54) is 0 Å². The van der Waals surface area contributed by atoms with Gasteiger partial charge in [-0.15, -0.1) is 0 Å². The molecule has 20 heavy (non-hydrogen) atoms. The van der Waals surface area contributed by atoms with Crippen molar-refractivity contribution in [3.8, 4) is 17.2 Å². The van der Waals surface area contributed by atoms with E-state index in [-0.39, 0.29) is 6.79 Å². The van der Waals surface area contributed by atoms with Crippen LogP contribution in [0, 0.1) is 0 Å². The highest BCUT2D eigenvalue weighted by molar-refractivity contribution is 5.51. The molecular formula is C14H17N3O3. The Bertz CT molecular complexity index is 610. The molecule has 1 aromatic carbocycles.